The Hall–Kier alpha value is -1.76. The van der Waals surface area contributed by atoms with E-state index in [0.717, 1.165) is 24.3 Å². The maximum absolute atomic E-state index is 12.5. The highest BCUT2D eigenvalue weighted by Gasteiger charge is 2.24. The lowest BCUT2D eigenvalue weighted by Gasteiger charge is -2.37. The van der Waals surface area contributed by atoms with Crippen LogP contribution < -0.4 is 9.62 Å². The lowest BCUT2D eigenvalue weighted by atomic mass is 10.2. The zero-order valence-corrected chi connectivity index (χ0v) is 16.6. The highest BCUT2D eigenvalue weighted by atomic mass is 35.5. The molecule has 0 aliphatic carbocycles. The van der Waals surface area contributed by atoms with Gasteiger partial charge in [0.25, 0.3) is 10.0 Å². The highest BCUT2D eigenvalue weighted by molar-refractivity contribution is 7.92. The molecule has 2 atom stereocenters. The standard InChI is InChI=1S/C19H23ClN2O3S/c1-13-4-7-17(8-5-13)26(23,24)21-16-6-9-19(18(20)10-16)22-11-14(2)25-15(3)12-22/h4-10,14-15,21H,11-12H2,1-3H3. The molecule has 0 radical (unpaired) electrons. The number of anilines is 2. The zero-order valence-electron chi connectivity index (χ0n) is 15.1. The zero-order chi connectivity index (χ0) is 18.9. The van der Waals surface area contributed by atoms with Crippen LogP contribution >= 0.6 is 11.6 Å². The van der Waals surface area contributed by atoms with Crippen LogP contribution in [0.4, 0.5) is 11.4 Å². The molecule has 26 heavy (non-hydrogen) atoms. The fourth-order valence-electron chi connectivity index (χ4n) is 3.13. The van der Waals surface area contributed by atoms with Crippen molar-refractivity contribution >= 4 is 33.0 Å². The van der Waals surface area contributed by atoms with Crippen LogP contribution in [0.1, 0.15) is 19.4 Å². The van der Waals surface area contributed by atoms with Gasteiger partial charge in [0, 0.05) is 13.1 Å². The van der Waals surface area contributed by atoms with Crippen molar-refractivity contribution in [3.05, 3.63) is 53.1 Å². The van der Waals surface area contributed by atoms with Gasteiger partial charge in [-0.1, -0.05) is 29.3 Å². The number of nitrogens with one attached hydrogen (secondary N) is 1. The maximum Gasteiger partial charge on any atom is 0.261 e. The first-order valence-corrected chi connectivity index (χ1v) is 10.4. The van der Waals surface area contributed by atoms with Crippen LogP contribution in [0, 0.1) is 6.92 Å². The molecule has 1 aliphatic rings. The Morgan fingerprint density at radius 2 is 1.69 bits per heavy atom. The van der Waals surface area contributed by atoms with Crippen molar-refractivity contribution in [2.45, 2.75) is 37.9 Å². The van der Waals surface area contributed by atoms with E-state index in [0.29, 0.717) is 10.7 Å². The minimum absolute atomic E-state index is 0.120. The van der Waals surface area contributed by atoms with E-state index in [-0.39, 0.29) is 17.1 Å². The number of aryl methyl sites for hydroxylation is 1. The second-order valence-corrected chi connectivity index (χ2v) is 8.84. The van der Waals surface area contributed by atoms with Gasteiger partial charge in [0.1, 0.15) is 0 Å². The van der Waals surface area contributed by atoms with Crippen molar-refractivity contribution in [3.63, 3.8) is 0 Å². The summed E-state index contributed by atoms with van der Waals surface area (Å²) in [6, 6.07) is 11.9. The first-order chi connectivity index (χ1) is 12.2. The minimum Gasteiger partial charge on any atom is -0.372 e. The Morgan fingerprint density at radius 3 is 2.27 bits per heavy atom. The van der Waals surface area contributed by atoms with Gasteiger partial charge in [-0.2, -0.15) is 0 Å². The summed E-state index contributed by atoms with van der Waals surface area (Å²) in [4.78, 5) is 2.39. The van der Waals surface area contributed by atoms with Crippen LogP contribution in [0.3, 0.4) is 0 Å². The summed E-state index contributed by atoms with van der Waals surface area (Å²) in [5, 5.41) is 0.510. The van der Waals surface area contributed by atoms with Gasteiger partial charge >= 0.3 is 0 Å². The van der Waals surface area contributed by atoms with E-state index in [9.17, 15) is 8.42 Å². The van der Waals surface area contributed by atoms with Gasteiger partial charge in [0.2, 0.25) is 0 Å². The van der Waals surface area contributed by atoms with Crippen LogP contribution in [0.5, 0.6) is 0 Å². The van der Waals surface area contributed by atoms with Crippen LogP contribution in [0.15, 0.2) is 47.4 Å². The van der Waals surface area contributed by atoms with Gasteiger partial charge < -0.3 is 9.64 Å². The molecular formula is C19H23ClN2O3S. The van der Waals surface area contributed by atoms with Crippen molar-refractivity contribution in [2.24, 2.45) is 0 Å². The number of sulfonamides is 1. The largest absolute Gasteiger partial charge is 0.372 e. The van der Waals surface area contributed by atoms with Gasteiger partial charge in [-0.3, -0.25) is 4.72 Å². The number of nitrogens with zero attached hydrogens (tertiary/aromatic N) is 1. The average Bonchev–Trinajstić information content (AvgIpc) is 2.54. The molecular weight excluding hydrogens is 372 g/mol. The number of hydrogen-bond acceptors (Lipinski definition) is 4. The van der Waals surface area contributed by atoms with Crippen molar-refractivity contribution in [2.75, 3.05) is 22.7 Å². The molecule has 1 aliphatic heterocycles. The average molecular weight is 395 g/mol. The SMILES string of the molecule is Cc1ccc(S(=O)(=O)Nc2ccc(N3CC(C)OC(C)C3)c(Cl)c2)cc1. The molecule has 2 unspecified atom stereocenters. The molecule has 5 nitrogen and oxygen atoms in total. The Morgan fingerprint density at radius 1 is 1.08 bits per heavy atom. The number of hydrogen-bond donors (Lipinski definition) is 1. The molecule has 0 bridgehead atoms. The molecule has 0 spiro atoms. The molecule has 2 aromatic rings. The Balaban J connectivity index is 1.80. The fourth-order valence-corrected chi connectivity index (χ4v) is 4.48. The number of ether oxygens (including phenoxy) is 1. The molecule has 1 fully saturated rings. The summed E-state index contributed by atoms with van der Waals surface area (Å²) < 4.78 is 33.4. The summed E-state index contributed by atoms with van der Waals surface area (Å²) in [6.07, 6.45) is 0.240. The number of halogens is 1. The van der Waals surface area contributed by atoms with Crippen LogP contribution in [-0.4, -0.2) is 33.7 Å². The van der Waals surface area contributed by atoms with E-state index in [1.165, 1.54) is 0 Å². The second kappa shape index (κ2) is 7.47. The van der Waals surface area contributed by atoms with Crippen molar-refractivity contribution in [3.8, 4) is 0 Å². The molecule has 0 aromatic heterocycles. The Bertz CT molecular complexity index is 874. The number of rotatable bonds is 4. The van der Waals surface area contributed by atoms with Crippen LogP contribution in [-0.2, 0) is 14.8 Å². The van der Waals surface area contributed by atoms with E-state index in [2.05, 4.69) is 9.62 Å². The van der Waals surface area contributed by atoms with E-state index < -0.39 is 10.0 Å². The van der Waals surface area contributed by atoms with Gasteiger partial charge in [-0.05, 0) is 51.1 Å². The van der Waals surface area contributed by atoms with Crippen LogP contribution in [0.2, 0.25) is 5.02 Å². The third kappa shape index (κ3) is 4.31. The van der Waals surface area contributed by atoms with Gasteiger partial charge in [-0.15, -0.1) is 0 Å². The number of benzene rings is 2. The molecule has 1 saturated heterocycles. The molecule has 0 amide bonds. The quantitative estimate of drug-likeness (QED) is 0.849. The van der Waals surface area contributed by atoms with Gasteiger partial charge in [0.15, 0.2) is 0 Å². The summed E-state index contributed by atoms with van der Waals surface area (Å²) in [6.45, 7) is 7.47. The summed E-state index contributed by atoms with van der Waals surface area (Å²) in [5.74, 6) is 0. The highest BCUT2D eigenvalue weighted by Crippen LogP contribution is 2.31. The third-order valence-electron chi connectivity index (χ3n) is 4.29. The first-order valence-electron chi connectivity index (χ1n) is 8.54. The summed E-state index contributed by atoms with van der Waals surface area (Å²) >= 11 is 6.44. The number of morpholine rings is 1. The normalized spacial score (nSPS) is 20.8. The predicted molar refractivity (Wildman–Crippen MR) is 106 cm³/mol. The Labute approximate surface area is 160 Å². The molecule has 140 valence electrons. The molecule has 3 rings (SSSR count). The predicted octanol–water partition coefficient (Wildman–Crippen LogP) is 4.06. The van der Waals surface area contributed by atoms with E-state index in [1.54, 1.807) is 36.4 Å². The monoisotopic (exact) mass is 394 g/mol. The van der Waals surface area contributed by atoms with Crippen LogP contribution in [0.25, 0.3) is 0 Å². The Kier molecular flexibility index (Phi) is 5.46. The molecule has 2 aromatic carbocycles. The molecule has 7 heteroatoms. The van der Waals surface area contributed by atoms with Crippen molar-refractivity contribution in [1.29, 1.82) is 0 Å². The molecule has 1 N–H and O–H groups in total. The smallest absolute Gasteiger partial charge is 0.261 e. The first kappa shape index (κ1) is 19.0. The van der Waals surface area contributed by atoms with Crippen molar-refractivity contribution in [1.82, 2.24) is 0 Å². The fraction of sp³-hybridized carbons (Fsp3) is 0.368. The maximum atomic E-state index is 12.5. The molecule has 1 heterocycles. The lowest BCUT2D eigenvalue weighted by molar-refractivity contribution is -0.00520. The van der Waals surface area contributed by atoms with Gasteiger partial charge in [0.05, 0.1) is 33.5 Å². The second-order valence-electron chi connectivity index (χ2n) is 6.75. The minimum atomic E-state index is -3.64. The topological polar surface area (TPSA) is 58.6 Å². The molecule has 0 saturated carbocycles. The van der Waals surface area contributed by atoms with E-state index in [1.807, 2.05) is 26.8 Å². The van der Waals surface area contributed by atoms with Gasteiger partial charge in [-0.25, -0.2) is 8.42 Å². The lowest BCUT2D eigenvalue weighted by Crippen LogP contribution is -2.45. The van der Waals surface area contributed by atoms with Crippen molar-refractivity contribution < 1.29 is 13.2 Å². The summed E-state index contributed by atoms with van der Waals surface area (Å²) in [7, 11) is -3.64. The third-order valence-corrected chi connectivity index (χ3v) is 5.99. The van der Waals surface area contributed by atoms with E-state index >= 15 is 0 Å². The van der Waals surface area contributed by atoms with E-state index in [4.69, 9.17) is 16.3 Å². The summed E-state index contributed by atoms with van der Waals surface area (Å²) in [5.41, 5.74) is 2.32.